The zero-order chi connectivity index (χ0) is 11.1. The van der Waals surface area contributed by atoms with Gasteiger partial charge in [0.15, 0.2) is 0 Å². The van der Waals surface area contributed by atoms with Gasteiger partial charge in [-0.15, -0.1) is 0 Å². The Kier molecular flexibility index (Phi) is 5.07. The van der Waals surface area contributed by atoms with Gasteiger partial charge in [-0.3, -0.25) is 9.88 Å². The second-order valence-electron chi connectivity index (χ2n) is 3.37. The number of hydrogen-bond donors (Lipinski definition) is 1. The Morgan fingerprint density at radius 3 is 2.80 bits per heavy atom. The van der Waals surface area contributed by atoms with Crippen LogP contribution in [0.1, 0.15) is 12.6 Å². The van der Waals surface area contributed by atoms with E-state index in [-0.39, 0.29) is 5.75 Å². The molecular formula is C11H18N2O2. The highest BCUT2D eigenvalue weighted by atomic mass is 16.5. The number of ether oxygens (including phenoxy) is 1. The molecule has 0 fully saturated rings. The molecule has 0 bridgehead atoms. The van der Waals surface area contributed by atoms with Crippen molar-refractivity contribution in [1.29, 1.82) is 0 Å². The van der Waals surface area contributed by atoms with E-state index in [0.29, 0.717) is 0 Å². The van der Waals surface area contributed by atoms with Crippen molar-refractivity contribution in [2.45, 2.75) is 13.5 Å². The van der Waals surface area contributed by atoms with E-state index < -0.39 is 0 Å². The minimum absolute atomic E-state index is 0.207. The van der Waals surface area contributed by atoms with E-state index in [9.17, 15) is 0 Å². The molecule has 0 saturated carbocycles. The maximum atomic E-state index is 9.09. The number of methoxy groups -OCH3 is 1. The molecule has 15 heavy (non-hydrogen) atoms. The molecule has 0 aliphatic carbocycles. The molecule has 0 aliphatic rings. The normalized spacial score (nSPS) is 10.9. The van der Waals surface area contributed by atoms with Gasteiger partial charge in [-0.25, -0.2) is 0 Å². The van der Waals surface area contributed by atoms with E-state index in [1.807, 2.05) is 6.07 Å². The van der Waals surface area contributed by atoms with Crippen molar-refractivity contribution in [3.05, 3.63) is 24.0 Å². The van der Waals surface area contributed by atoms with Crippen LogP contribution in [0.4, 0.5) is 0 Å². The van der Waals surface area contributed by atoms with Crippen LogP contribution in [0.2, 0.25) is 0 Å². The highest BCUT2D eigenvalue weighted by Crippen LogP contribution is 2.07. The summed E-state index contributed by atoms with van der Waals surface area (Å²) in [5, 5.41) is 9.09. The summed E-state index contributed by atoms with van der Waals surface area (Å²) in [5.74, 6) is 0.207. The van der Waals surface area contributed by atoms with Crippen LogP contribution in [-0.2, 0) is 11.3 Å². The van der Waals surface area contributed by atoms with Crippen molar-refractivity contribution < 1.29 is 9.84 Å². The number of rotatable bonds is 6. The second kappa shape index (κ2) is 6.37. The molecule has 84 valence electrons. The van der Waals surface area contributed by atoms with Gasteiger partial charge in [-0.1, -0.05) is 6.92 Å². The van der Waals surface area contributed by atoms with Crippen molar-refractivity contribution in [2.75, 3.05) is 26.8 Å². The fourth-order valence-corrected chi connectivity index (χ4v) is 1.31. The maximum absolute atomic E-state index is 9.09. The molecule has 0 radical (unpaired) electrons. The van der Waals surface area contributed by atoms with Crippen LogP contribution in [0, 0.1) is 0 Å². The zero-order valence-electron chi connectivity index (χ0n) is 9.31. The van der Waals surface area contributed by atoms with Crippen molar-refractivity contribution in [2.24, 2.45) is 0 Å². The predicted octanol–water partition coefficient (Wildman–Crippen LogP) is 1.26. The van der Waals surface area contributed by atoms with Crippen molar-refractivity contribution in [3.8, 4) is 5.75 Å². The van der Waals surface area contributed by atoms with Crippen LogP contribution < -0.4 is 0 Å². The fourth-order valence-electron chi connectivity index (χ4n) is 1.31. The van der Waals surface area contributed by atoms with Gasteiger partial charge in [0, 0.05) is 20.2 Å². The first kappa shape index (κ1) is 11.9. The lowest BCUT2D eigenvalue weighted by molar-refractivity contribution is 0.146. The molecular weight excluding hydrogens is 192 g/mol. The van der Waals surface area contributed by atoms with Crippen LogP contribution in [-0.4, -0.2) is 41.8 Å². The van der Waals surface area contributed by atoms with E-state index in [4.69, 9.17) is 9.84 Å². The second-order valence-corrected chi connectivity index (χ2v) is 3.37. The Hall–Kier alpha value is -1.13. The summed E-state index contributed by atoms with van der Waals surface area (Å²) in [4.78, 5) is 6.38. The third kappa shape index (κ3) is 4.27. The van der Waals surface area contributed by atoms with Gasteiger partial charge in [-0.2, -0.15) is 0 Å². The third-order valence-electron chi connectivity index (χ3n) is 2.25. The SMILES string of the molecule is CCN(CCOC)Cc1ccc(O)cn1. The Morgan fingerprint density at radius 2 is 2.27 bits per heavy atom. The van der Waals surface area contributed by atoms with Crippen molar-refractivity contribution in [1.82, 2.24) is 9.88 Å². The number of hydrogen-bond acceptors (Lipinski definition) is 4. The fraction of sp³-hybridized carbons (Fsp3) is 0.545. The summed E-state index contributed by atoms with van der Waals surface area (Å²) < 4.78 is 5.03. The summed E-state index contributed by atoms with van der Waals surface area (Å²) in [6.45, 7) is 5.49. The van der Waals surface area contributed by atoms with Crippen LogP contribution in [0.15, 0.2) is 18.3 Å². The molecule has 1 rings (SSSR count). The van der Waals surface area contributed by atoms with Crippen molar-refractivity contribution >= 4 is 0 Å². The third-order valence-corrected chi connectivity index (χ3v) is 2.25. The van der Waals surface area contributed by atoms with Gasteiger partial charge in [0.2, 0.25) is 0 Å². The Bertz CT molecular complexity index is 274. The molecule has 0 atom stereocenters. The van der Waals surface area contributed by atoms with E-state index >= 15 is 0 Å². The van der Waals surface area contributed by atoms with E-state index in [0.717, 1.165) is 31.9 Å². The Balaban J connectivity index is 2.47. The van der Waals surface area contributed by atoms with Gasteiger partial charge in [0.25, 0.3) is 0 Å². The summed E-state index contributed by atoms with van der Waals surface area (Å²) in [5.41, 5.74) is 0.964. The van der Waals surface area contributed by atoms with Crippen LogP contribution in [0.3, 0.4) is 0 Å². The zero-order valence-corrected chi connectivity index (χ0v) is 9.31. The molecule has 0 aliphatic heterocycles. The lowest BCUT2D eigenvalue weighted by Crippen LogP contribution is -2.27. The molecule has 0 spiro atoms. The number of aromatic hydroxyl groups is 1. The summed E-state index contributed by atoms with van der Waals surface area (Å²) >= 11 is 0. The molecule has 0 aromatic carbocycles. The molecule has 0 saturated heterocycles. The topological polar surface area (TPSA) is 45.6 Å². The number of likely N-dealkylation sites (N-methyl/N-ethyl adjacent to an activating group) is 1. The van der Waals surface area contributed by atoms with Gasteiger partial charge < -0.3 is 9.84 Å². The largest absolute Gasteiger partial charge is 0.506 e. The predicted molar refractivity (Wildman–Crippen MR) is 58.7 cm³/mol. The summed E-state index contributed by atoms with van der Waals surface area (Å²) in [7, 11) is 1.70. The van der Waals surface area contributed by atoms with Gasteiger partial charge in [0.1, 0.15) is 5.75 Å². The molecule has 1 heterocycles. The molecule has 4 nitrogen and oxygen atoms in total. The molecule has 0 unspecified atom stereocenters. The lowest BCUT2D eigenvalue weighted by atomic mass is 10.3. The van der Waals surface area contributed by atoms with E-state index in [1.165, 1.54) is 6.20 Å². The molecule has 4 heteroatoms. The smallest absolute Gasteiger partial charge is 0.133 e. The monoisotopic (exact) mass is 210 g/mol. The van der Waals surface area contributed by atoms with E-state index in [1.54, 1.807) is 13.2 Å². The minimum Gasteiger partial charge on any atom is -0.506 e. The molecule has 1 aromatic rings. The highest BCUT2D eigenvalue weighted by molar-refractivity contribution is 5.17. The molecule has 1 N–H and O–H groups in total. The highest BCUT2D eigenvalue weighted by Gasteiger charge is 2.04. The van der Waals surface area contributed by atoms with Gasteiger partial charge in [-0.05, 0) is 18.7 Å². The standard InChI is InChI=1S/C11H18N2O2/c1-3-13(6-7-15-2)9-10-4-5-11(14)8-12-10/h4-5,8,14H,3,6-7,9H2,1-2H3. The number of nitrogens with zero attached hydrogens (tertiary/aromatic N) is 2. The molecule has 0 amide bonds. The molecule has 1 aromatic heterocycles. The number of pyridine rings is 1. The van der Waals surface area contributed by atoms with Crippen LogP contribution in [0.5, 0.6) is 5.75 Å². The first-order valence-electron chi connectivity index (χ1n) is 5.11. The lowest BCUT2D eigenvalue weighted by Gasteiger charge is -2.19. The van der Waals surface area contributed by atoms with Crippen LogP contribution >= 0.6 is 0 Å². The van der Waals surface area contributed by atoms with Crippen molar-refractivity contribution in [3.63, 3.8) is 0 Å². The maximum Gasteiger partial charge on any atom is 0.133 e. The average molecular weight is 210 g/mol. The summed E-state index contributed by atoms with van der Waals surface area (Å²) in [6.07, 6.45) is 1.47. The first-order chi connectivity index (χ1) is 7.26. The Morgan fingerprint density at radius 1 is 1.47 bits per heavy atom. The minimum atomic E-state index is 0.207. The Labute approximate surface area is 90.5 Å². The quantitative estimate of drug-likeness (QED) is 0.767. The van der Waals surface area contributed by atoms with Gasteiger partial charge >= 0.3 is 0 Å². The average Bonchev–Trinajstić information content (AvgIpc) is 2.27. The number of aromatic nitrogens is 1. The van der Waals surface area contributed by atoms with Crippen LogP contribution in [0.25, 0.3) is 0 Å². The van der Waals surface area contributed by atoms with E-state index in [2.05, 4.69) is 16.8 Å². The van der Waals surface area contributed by atoms with Gasteiger partial charge in [0.05, 0.1) is 18.5 Å². The summed E-state index contributed by atoms with van der Waals surface area (Å²) in [6, 6.07) is 3.50. The first-order valence-corrected chi connectivity index (χ1v) is 5.11.